The third-order valence-corrected chi connectivity index (χ3v) is 8.69. The Kier molecular flexibility index (Phi) is 7.71. The molecule has 2 aliphatic rings. The summed E-state index contributed by atoms with van der Waals surface area (Å²) in [5.74, 6) is -0.394. The third kappa shape index (κ3) is 5.78. The van der Waals surface area contributed by atoms with Crippen molar-refractivity contribution >= 4 is 44.9 Å². The first kappa shape index (κ1) is 25.6. The van der Waals surface area contributed by atoms with Crippen molar-refractivity contribution in [1.29, 1.82) is 0 Å². The van der Waals surface area contributed by atoms with Crippen LogP contribution in [0, 0.1) is 5.92 Å². The van der Waals surface area contributed by atoms with Crippen LogP contribution in [0.5, 0.6) is 0 Å². The Morgan fingerprint density at radius 1 is 1.19 bits per heavy atom. The van der Waals surface area contributed by atoms with Crippen LogP contribution in [0.15, 0.2) is 30.5 Å². The van der Waals surface area contributed by atoms with Crippen LogP contribution in [0.1, 0.15) is 61.7 Å². The van der Waals surface area contributed by atoms with Gasteiger partial charge in [0.1, 0.15) is 5.82 Å². The van der Waals surface area contributed by atoms with Crippen LogP contribution in [0.3, 0.4) is 0 Å². The van der Waals surface area contributed by atoms with Gasteiger partial charge in [-0.15, -0.1) is 11.3 Å². The second-order valence-electron chi connectivity index (χ2n) is 10.4. The molecule has 8 nitrogen and oxygen atoms in total. The molecule has 0 aliphatic carbocycles. The highest BCUT2D eigenvalue weighted by Crippen LogP contribution is 2.36. The van der Waals surface area contributed by atoms with E-state index in [1.807, 2.05) is 6.92 Å². The number of amides is 2. The summed E-state index contributed by atoms with van der Waals surface area (Å²) in [5.41, 5.74) is 9.23. The second kappa shape index (κ2) is 11.1. The topological polar surface area (TPSA) is 104 Å². The van der Waals surface area contributed by atoms with Crippen LogP contribution in [-0.4, -0.2) is 57.8 Å². The van der Waals surface area contributed by atoms with Crippen molar-refractivity contribution in [2.45, 2.75) is 58.4 Å². The van der Waals surface area contributed by atoms with Crippen molar-refractivity contribution in [3.8, 4) is 0 Å². The van der Waals surface area contributed by atoms with E-state index in [2.05, 4.69) is 40.3 Å². The van der Waals surface area contributed by atoms with Crippen molar-refractivity contribution in [2.24, 2.45) is 5.92 Å². The van der Waals surface area contributed by atoms with Gasteiger partial charge >= 0.3 is 11.8 Å². The molecule has 1 aromatic carbocycles. The molecule has 0 saturated carbocycles. The van der Waals surface area contributed by atoms with Gasteiger partial charge in [-0.05, 0) is 80.4 Å². The molecule has 2 amide bonds. The van der Waals surface area contributed by atoms with E-state index in [1.54, 1.807) is 22.3 Å². The maximum atomic E-state index is 13.4. The molecule has 2 atom stereocenters. The first-order chi connectivity index (χ1) is 17.9. The standard InChI is InChI=1S/C28H36N6O2S/c1-3-19-14-21(16-30-26(19)29)31-27(35)28(36)34-17-18(2)6-8-23(34)20-7-9-24-22(15-20)32-25(37-24)10-13-33-11-4-5-12-33/h7,9,14-16,18,23H,3-6,8,10-13,17H2,1-2H3,(H2,29,30)(H,31,35)/t18-,23+/m0/s1. The first-order valence-corrected chi connectivity index (χ1v) is 14.2. The zero-order valence-corrected chi connectivity index (χ0v) is 22.5. The number of fused-ring (bicyclic) bond motifs is 1. The zero-order valence-electron chi connectivity index (χ0n) is 21.7. The number of nitrogens with one attached hydrogen (secondary N) is 1. The number of thiazole rings is 1. The number of likely N-dealkylation sites (tertiary alicyclic amines) is 2. The van der Waals surface area contributed by atoms with Gasteiger partial charge in [0.2, 0.25) is 0 Å². The fraction of sp³-hybridized carbons (Fsp3) is 0.500. The largest absolute Gasteiger partial charge is 0.383 e. The molecule has 2 aromatic heterocycles. The van der Waals surface area contributed by atoms with Gasteiger partial charge in [-0.2, -0.15) is 0 Å². The lowest BCUT2D eigenvalue weighted by molar-refractivity contribution is -0.146. The average molecular weight is 521 g/mol. The number of nitrogens with two attached hydrogens (primary N) is 1. The number of carbonyl (C=O) groups is 2. The molecule has 2 saturated heterocycles. The van der Waals surface area contributed by atoms with Crippen LogP contribution in [0.2, 0.25) is 0 Å². The lowest BCUT2D eigenvalue weighted by Gasteiger charge is -2.38. The lowest BCUT2D eigenvalue weighted by atomic mass is 9.89. The minimum Gasteiger partial charge on any atom is -0.383 e. The maximum absolute atomic E-state index is 13.4. The Labute approximate surface area is 222 Å². The van der Waals surface area contributed by atoms with Crippen LogP contribution in [0.25, 0.3) is 10.2 Å². The van der Waals surface area contributed by atoms with E-state index in [0.717, 1.165) is 47.5 Å². The molecule has 196 valence electrons. The Morgan fingerprint density at radius 3 is 2.78 bits per heavy atom. The quantitative estimate of drug-likeness (QED) is 0.467. The predicted molar refractivity (Wildman–Crippen MR) is 149 cm³/mol. The van der Waals surface area contributed by atoms with E-state index in [9.17, 15) is 9.59 Å². The van der Waals surface area contributed by atoms with Crippen molar-refractivity contribution in [1.82, 2.24) is 19.8 Å². The van der Waals surface area contributed by atoms with E-state index >= 15 is 0 Å². The number of nitrogens with zero attached hydrogens (tertiary/aromatic N) is 4. The highest BCUT2D eigenvalue weighted by molar-refractivity contribution is 7.18. The molecule has 5 rings (SSSR count). The molecule has 0 radical (unpaired) electrons. The van der Waals surface area contributed by atoms with Crippen LogP contribution < -0.4 is 11.1 Å². The molecule has 2 aliphatic heterocycles. The number of aryl methyl sites for hydroxylation is 1. The van der Waals surface area contributed by atoms with Gasteiger partial charge in [0, 0.05) is 19.5 Å². The molecule has 9 heteroatoms. The molecular weight excluding hydrogens is 484 g/mol. The summed E-state index contributed by atoms with van der Waals surface area (Å²) < 4.78 is 1.17. The summed E-state index contributed by atoms with van der Waals surface area (Å²) in [5, 5.41) is 3.89. The van der Waals surface area contributed by atoms with Gasteiger partial charge in [0.15, 0.2) is 0 Å². The van der Waals surface area contributed by atoms with E-state index in [4.69, 9.17) is 10.7 Å². The van der Waals surface area contributed by atoms with Crippen LogP contribution in [-0.2, 0) is 22.4 Å². The minimum absolute atomic E-state index is 0.149. The molecule has 37 heavy (non-hydrogen) atoms. The normalized spacial score (nSPS) is 20.4. The molecule has 0 spiro atoms. The lowest BCUT2D eigenvalue weighted by Crippen LogP contribution is -2.46. The molecule has 3 N–H and O–H groups in total. The molecule has 0 bridgehead atoms. The Balaban J connectivity index is 1.32. The Morgan fingerprint density at radius 2 is 2.00 bits per heavy atom. The second-order valence-corrected chi connectivity index (χ2v) is 11.5. The number of nitrogen functional groups attached to an aromatic ring is 1. The summed E-state index contributed by atoms with van der Waals surface area (Å²) in [7, 11) is 0. The molecule has 0 unspecified atom stereocenters. The summed E-state index contributed by atoms with van der Waals surface area (Å²) in [4.78, 5) is 39.7. The number of piperidine rings is 1. The fourth-order valence-electron chi connectivity index (χ4n) is 5.48. The van der Waals surface area contributed by atoms with E-state index in [0.29, 0.717) is 30.4 Å². The molecule has 4 heterocycles. The zero-order chi connectivity index (χ0) is 25.9. The fourth-order valence-corrected chi connectivity index (χ4v) is 6.41. The smallest absolute Gasteiger partial charge is 0.313 e. The van der Waals surface area contributed by atoms with Crippen molar-refractivity contribution in [2.75, 3.05) is 37.2 Å². The number of anilines is 2. The van der Waals surface area contributed by atoms with Gasteiger partial charge < -0.3 is 20.9 Å². The Hall–Kier alpha value is -3.04. The van der Waals surface area contributed by atoms with Gasteiger partial charge in [0.25, 0.3) is 0 Å². The summed E-state index contributed by atoms with van der Waals surface area (Å²) in [6, 6.07) is 7.96. The number of carbonyl (C=O) groups excluding carboxylic acids is 2. The number of benzene rings is 1. The Bertz CT molecular complexity index is 1280. The van der Waals surface area contributed by atoms with Crippen LogP contribution in [0.4, 0.5) is 11.5 Å². The number of aromatic nitrogens is 2. The minimum atomic E-state index is -0.647. The van der Waals surface area contributed by atoms with Gasteiger partial charge in [-0.1, -0.05) is 19.9 Å². The maximum Gasteiger partial charge on any atom is 0.313 e. The highest BCUT2D eigenvalue weighted by Gasteiger charge is 2.34. The SMILES string of the molecule is CCc1cc(NC(=O)C(=O)N2C[C@@H](C)CC[C@@H]2c2ccc3sc(CCN4CCCC4)nc3c2)cnc1N. The van der Waals surface area contributed by atoms with Crippen molar-refractivity contribution < 1.29 is 9.59 Å². The van der Waals surface area contributed by atoms with Crippen molar-refractivity contribution in [3.63, 3.8) is 0 Å². The molecule has 3 aromatic rings. The summed E-state index contributed by atoms with van der Waals surface area (Å²) in [6.45, 7) is 8.10. The number of hydrogen-bond acceptors (Lipinski definition) is 7. The van der Waals surface area contributed by atoms with Crippen molar-refractivity contribution in [3.05, 3.63) is 46.6 Å². The first-order valence-electron chi connectivity index (χ1n) is 13.4. The van der Waals surface area contributed by atoms with Gasteiger partial charge in [-0.25, -0.2) is 9.97 Å². The molecular formula is C28H36N6O2S. The highest BCUT2D eigenvalue weighted by atomic mass is 32.1. The van der Waals surface area contributed by atoms with E-state index in [1.165, 1.54) is 36.8 Å². The van der Waals surface area contributed by atoms with Gasteiger partial charge in [0.05, 0.1) is 33.2 Å². The van der Waals surface area contributed by atoms with E-state index in [-0.39, 0.29) is 6.04 Å². The number of rotatable bonds is 6. The summed E-state index contributed by atoms with van der Waals surface area (Å²) >= 11 is 1.76. The predicted octanol–water partition coefficient (Wildman–Crippen LogP) is 4.41. The number of hydrogen-bond donors (Lipinski definition) is 2. The molecule has 2 fully saturated rings. The number of pyridine rings is 1. The monoisotopic (exact) mass is 520 g/mol. The summed E-state index contributed by atoms with van der Waals surface area (Å²) in [6.07, 6.45) is 7.59. The van der Waals surface area contributed by atoms with E-state index < -0.39 is 11.8 Å². The van der Waals surface area contributed by atoms with Crippen LogP contribution >= 0.6 is 11.3 Å². The van der Waals surface area contributed by atoms with Gasteiger partial charge in [-0.3, -0.25) is 9.59 Å². The average Bonchev–Trinajstić information content (AvgIpc) is 3.57. The third-order valence-electron chi connectivity index (χ3n) is 7.59.